The van der Waals surface area contributed by atoms with Crippen molar-refractivity contribution in [3.8, 4) is 11.1 Å². The number of carbonyl (C=O) groups excluding carboxylic acids is 1. The number of anilines is 1. The number of urea groups is 1. The predicted octanol–water partition coefficient (Wildman–Crippen LogP) is 5.80. The molecule has 3 nitrogen and oxygen atoms in total. The van der Waals surface area contributed by atoms with E-state index in [0.29, 0.717) is 6.54 Å². The second-order valence-electron chi connectivity index (χ2n) is 6.58. The topological polar surface area (TPSA) is 32.3 Å². The average Bonchev–Trinajstić information content (AvgIpc) is 2.68. The first kappa shape index (κ1) is 17.7. The molecule has 0 aliphatic heterocycles. The number of nitrogens with one attached hydrogen (secondary N) is 1. The summed E-state index contributed by atoms with van der Waals surface area (Å²) in [7, 11) is 0. The molecule has 0 aromatic heterocycles. The Morgan fingerprint density at radius 2 is 1.35 bits per heavy atom. The monoisotopic (exact) mass is 344 g/mol. The summed E-state index contributed by atoms with van der Waals surface area (Å²) in [5, 5.41) is 3.01. The highest BCUT2D eigenvalue weighted by Gasteiger charge is 2.17. The van der Waals surface area contributed by atoms with Crippen LogP contribution < -0.4 is 5.32 Å². The normalized spacial score (nSPS) is 10.6. The van der Waals surface area contributed by atoms with Gasteiger partial charge in [-0.15, -0.1) is 0 Å². The van der Waals surface area contributed by atoms with E-state index in [2.05, 4.69) is 17.4 Å². The van der Waals surface area contributed by atoms with Crippen molar-refractivity contribution in [3.05, 3.63) is 90.5 Å². The highest BCUT2D eigenvalue weighted by molar-refractivity contribution is 5.89. The van der Waals surface area contributed by atoms with Gasteiger partial charge in [-0.05, 0) is 42.7 Å². The average molecular weight is 344 g/mol. The van der Waals surface area contributed by atoms with Crippen molar-refractivity contribution in [3.63, 3.8) is 0 Å². The van der Waals surface area contributed by atoms with Gasteiger partial charge in [0.25, 0.3) is 0 Å². The summed E-state index contributed by atoms with van der Waals surface area (Å²) in [4.78, 5) is 14.6. The van der Waals surface area contributed by atoms with E-state index >= 15 is 0 Å². The van der Waals surface area contributed by atoms with E-state index < -0.39 is 0 Å². The van der Waals surface area contributed by atoms with Crippen molar-refractivity contribution < 1.29 is 4.79 Å². The fraction of sp³-hybridized carbons (Fsp3) is 0.174. The maximum atomic E-state index is 12.7. The van der Waals surface area contributed by atoms with Crippen LogP contribution in [0.3, 0.4) is 0 Å². The Morgan fingerprint density at radius 1 is 0.808 bits per heavy atom. The first-order valence-electron chi connectivity index (χ1n) is 8.90. The zero-order valence-corrected chi connectivity index (χ0v) is 15.2. The third-order valence-electron chi connectivity index (χ3n) is 4.32. The van der Waals surface area contributed by atoms with Gasteiger partial charge < -0.3 is 10.2 Å². The number of rotatable bonds is 5. The first-order chi connectivity index (χ1) is 12.6. The Bertz CT molecular complexity index is 827. The molecule has 0 heterocycles. The fourth-order valence-corrected chi connectivity index (χ4v) is 2.84. The molecule has 1 N–H and O–H groups in total. The first-order valence-corrected chi connectivity index (χ1v) is 8.90. The number of benzene rings is 3. The molecule has 3 aromatic carbocycles. The zero-order valence-electron chi connectivity index (χ0n) is 15.2. The lowest BCUT2D eigenvalue weighted by atomic mass is 10.1. The third-order valence-corrected chi connectivity index (χ3v) is 4.32. The second kappa shape index (κ2) is 8.34. The van der Waals surface area contributed by atoms with Crippen LogP contribution in [0.2, 0.25) is 0 Å². The van der Waals surface area contributed by atoms with Crippen molar-refractivity contribution in [1.82, 2.24) is 4.90 Å². The Morgan fingerprint density at radius 3 is 1.92 bits per heavy atom. The van der Waals surface area contributed by atoms with Crippen LogP contribution in [-0.2, 0) is 6.54 Å². The summed E-state index contributed by atoms with van der Waals surface area (Å²) in [6.07, 6.45) is 0. The molecule has 0 saturated carbocycles. The lowest BCUT2D eigenvalue weighted by Crippen LogP contribution is -2.39. The molecule has 0 aliphatic rings. The molecule has 132 valence electrons. The molecular weight excluding hydrogens is 320 g/mol. The predicted molar refractivity (Wildman–Crippen MR) is 108 cm³/mol. The molecule has 0 saturated heterocycles. The Labute approximate surface area is 155 Å². The number of hydrogen-bond donors (Lipinski definition) is 1. The Balaban J connectivity index is 1.69. The minimum atomic E-state index is -0.0867. The molecular formula is C23H24N2O. The van der Waals surface area contributed by atoms with E-state index in [-0.39, 0.29) is 12.1 Å². The Kier molecular flexibility index (Phi) is 5.69. The molecule has 0 atom stereocenters. The molecule has 3 aromatic rings. The minimum Gasteiger partial charge on any atom is -0.318 e. The zero-order chi connectivity index (χ0) is 18.4. The molecule has 0 spiro atoms. The van der Waals surface area contributed by atoms with E-state index in [4.69, 9.17) is 0 Å². The summed E-state index contributed by atoms with van der Waals surface area (Å²) in [6, 6.07) is 28.2. The van der Waals surface area contributed by atoms with Crippen molar-refractivity contribution >= 4 is 11.7 Å². The summed E-state index contributed by atoms with van der Waals surface area (Å²) < 4.78 is 0. The number of carbonyl (C=O) groups is 1. The van der Waals surface area contributed by atoms with Crippen molar-refractivity contribution in [2.45, 2.75) is 26.4 Å². The Hall–Kier alpha value is -3.07. The lowest BCUT2D eigenvalue weighted by Gasteiger charge is -2.27. The molecule has 0 radical (unpaired) electrons. The number of nitrogens with zero attached hydrogens (tertiary/aromatic N) is 1. The molecule has 3 heteroatoms. The standard InChI is InChI=1S/C23H24N2O/c1-18(2)25(17-19-9-5-3-6-10-19)23(26)24-22-15-13-21(14-16-22)20-11-7-4-8-12-20/h3-16,18H,17H2,1-2H3,(H,24,26). The van der Waals surface area contributed by atoms with E-state index in [9.17, 15) is 4.79 Å². The molecule has 26 heavy (non-hydrogen) atoms. The van der Waals surface area contributed by atoms with Crippen LogP contribution in [0, 0.1) is 0 Å². The van der Waals surface area contributed by atoms with Gasteiger partial charge in [0.2, 0.25) is 0 Å². The lowest BCUT2D eigenvalue weighted by molar-refractivity contribution is 0.193. The van der Waals surface area contributed by atoms with Crippen LogP contribution in [-0.4, -0.2) is 17.0 Å². The van der Waals surface area contributed by atoms with Crippen LogP contribution in [0.15, 0.2) is 84.9 Å². The molecule has 3 rings (SSSR count). The van der Waals surface area contributed by atoms with Crippen molar-refractivity contribution in [2.75, 3.05) is 5.32 Å². The molecule has 2 amide bonds. The van der Waals surface area contributed by atoms with Gasteiger partial charge in [-0.1, -0.05) is 72.8 Å². The van der Waals surface area contributed by atoms with Gasteiger partial charge in [0.1, 0.15) is 0 Å². The summed E-state index contributed by atoms with van der Waals surface area (Å²) >= 11 is 0. The van der Waals surface area contributed by atoms with Crippen molar-refractivity contribution in [1.29, 1.82) is 0 Å². The maximum absolute atomic E-state index is 12.7. The van der Waals surface area contributed by atoms with E-state index in [1.165, 1.54) is 5.56 Å². The maximum Gasteiger partial charge on any atom is 0.322 e. The minimum absolute atomic E-state index is 0.0867. The SMILES string of the molecule is CC(C)N(Cc1ccccc1)C(=O)Nc1ccc(-c2ccccc2)cc1. The smallest absolute Gasteiger partial charge is 0.318 e. The molecule has 0 bridgehead atoms. The number of hydrogen-bond acceptors (Lipinski definition) is 1. The van der Waals surface area contributed by atoms with Crippen LogP contribution in [0.1, 0.15) is 19.4 Å². The summed E-state index contributed by atoms with van der Waals surface area (Å²) in [5.74, 6) is 0. The largest absolute Gasteiger partial charge is 0.322 e. The molecule has 0 unspecified atom stereocenters. The van der Waals surface area contributed by atoms with Gasteiger partial charge in [0, 0.05) is 18.3 Å². The summed E-state index contributed by atoms with van der Waals surface area (Å²) in [6.45, 7) is 4.65. The van der Waals surface area contributed by atoms with Gasteiger partial charge in [0.05, 0.1) is 0 Å². The van der Waals surface area contributed by atoms with E-state index in [1.54, 1.807) is 0 Å². The fourth-order valence-electron chi connectivity index (χ4n) is 2.84. The van der Waals surface area contributed by atoms with Crippen LogP contribution in [0.4, 0.5) is 10.5 Å². The van der Waals surface area contributed by atoms with Gasteiger partial charge in [0.15, 0.2) is 0 Å². The van der Waals surface area contributed by atoms with Gasteiger partial charge in [-0.25, -0.2) is 4.79 Å². The highest BCUT2D eigenvalue weighted by Crippen LogP contribution is 2.21. The van der Waals surface area contributed by atoms with Crippen LogP contribution >= 0.6 is 0 Å². The second-order valence-corrected chi connectivity index (χ2v) is 6.58. The highest BCUT2D eigenvalue weighted by atomic mass is 16.2. The van der Waals surface area contributed by atoms with E-state index in [0.717, 1.165) is 16.8 Å². The van der Waals surface area contributed by atoms with Crippen LogP contribution in [0.25, 0.3) is 11.1 Å². The van der Waals surface area contributed by atoms with Gasteiger partial charge in [-0.2, -0.15) is 0 Å². The quantitative estimate of drug-likeness (QED) is 0.623. The molecule has 0 fully saturated rings. The third kappa shape index (κ3) is 4.51. The van der Waals surface area contributed by atoms with Crippen LogP contribution in [0.5, 0.6) is 0 Å². The summed E-state index contributed by atoms with van der Waals surface area (Å²) in [5.41, 5.74) is 4.22. The van der Waals surface area contributed by atoms with Gasteiger partial charge >= 0.3 is 6.03 Å². The number of amides is 2. The van der Waals surface area contributed by atoms with E-state index in [1.807, 2.05) is 91.5 Å². The molecule has 0 aliphatic carbocycles. The van der Waals surface area contributed by atoms with Gasteiger partial charge in [-0.3, -0.25) is 0 Å². The van der Waals surface area contributed by atoms with Crippen molar-refractivity contribution in [2.24, 2.45) is 0 Å².